The Morgan fingerprint density at radius 3 is 2.38 bits per heavy atom. The quantitative estimate of drug-likeness (QED) is 0.837. The molecule has 0 aliphatic carbocycles. The van der Waals surface area contributed by atoms with E-state index in [0.29, 0.717) is 6.10 Å². The fraction of sp³-hybridized carbons (Fsp3) is 0.647. The van der Waals surface area contributed by atoms with Crippen molar-refractivity contribution in [2.45, 2.75) is 51.4 Å². The molecule has 3 unspecified atom stereocenters. The zero-order valence-electron chi connectivity index (χ0n) is 13.5. The van der Waals surface area contributed by atoms with Gasteiger partial charge in [-0.25, -0.2) is 0 Å². The van der Waals surface area contributed by atoms with Crippen LogP contribution < -0.4 is 14.8 Å². The molecule has 118 valence electrons. The Balaban J connectivity index is 2.35. The minimum atomic E-state index is 0.0981. The first kappa shape index (κ1) is 16.1. The Kier molecular flexibility index (Phi) is 5.88. The van der Waals surface area contributed by atoms with Gasteiger partial charge in [-0.1, -0.05) is 13.0 Å². The molecular weight excluding hydrogens is 266 g/mol. The zero-order chi connectivity index (χ0) is 15.2. The first-order valence-electron chi connectivity index (χ1n) is 7.81. The van der Waals surface area contributed by atoms with E-state index in [2.05, 4.69) is 19.2 Å². The summed E-state index contributed by atoms with van der Waals surface area (Å²) in [4.78, 5) is 0. The fourth-order valence-electron chi connectivity index (χ4n) is 2.98. The summed E-state index contributed by atoms with van der Waals surface area (Å²) in [5.41, 5.74) is 1.06. The highest BCUT2D eigenvalue weighted by Gasteiger charge is 2.33. The van der Waals surface area contributed by atoms with Crippen LogP contribution in [0.15, 0.2) is 18.2 Å². The third-order valence-corrected chi connectivity index (χ3v) is 4.03. The predicted octanol–water partition coefficient (Wildman–Crippen LogP) is 3.31. The third-order valence-electron chi connectivity index (χ3n) is 4.03. The molecule has 1 aliphatic rings. The molecule has 3 atom stereocenters. The molecule has 1 heterocycles. The summed E-state index contributed by atoms with van der Waals surface area (Å²) < 4.78 is 17.2. The topological polar surface area (TPSA) is 39.7 Å². The minimum Gasteiger partial charge on any atom is -0.496 e. The number of nitrogens with one attached hydrogen (secondary N) is 1. The second-order valence-corrected chi connectivity index (χ2v) is 5.57. The molecule has 1 aromatic carbocycles. The van der Waals surface area contributed by atoms with Crippen LogP contribution in [0, 0.1) is 0 Å². The number of methoxy groups -OCH3 is 2. The number of rotatable bonds is 7. The maximum atomic E-state index is 6.10. The van der Waals surface area contributed by atoms with E-state index in [-0.39, 0.29) is 12.1 Å². The van der Waals surface area contributed by atoms with Crippen LogP contribution in [0.25, 0.3) is 0 Å². The van der Waals surface area contributed by atoms with Gasteiger partial charge in [0.1, 0.15) is 11.5 Å². The number of ether oxygens (including phenoxy) is 3. The van der Waals surface area contributed by atoms with E-state index in [1.807, 2.05) is 18.2 Å². The predicted molar refractivity (Wildman–Crippen MR) is 84.1 cm³/mol. The monoisotopic (exact) mass is 293 g/mol. The summed E-state index contributed by atoms with van der Waals surface area (Å²) in [6, 6.07) is 6.02. The average Bonchev–Trinajstić information content (AvgIpc) is 2.94. The lowest BCUT2D eigenvalue weighted by Crippen LogP contribution is -2.33. The third kappa shape index (κ3) is 3.69. The van der Waals surface area contributed by atoms with Crippen LogP contribution in [-0.4, -0.2) is 33.0 Å². The van der Waals surface area contributed by atoms with Crippen LogP contribution in [0.2, 0.25) is 0 Å². The smallest absolute Gasteiger partial charge is 0.127 e. The molecule has 0 aromatic heterocycles. The molecule has 0 bridgehead atoms. The summed E-state index contributed by atoms with van der Waals surface area (Å²) in [6.45, 7) is 5.25. The molecule has 4 nitrogen and oxygen atoms in total. The standard InChI is InChI=1S/C17H27NO3/c1-5-11-18-17(15-10-9-12(2)21-15)16-13(19-3)7-6-8-14(16)20-4/h6-8,12,15,17-18H,5,9-11H2,1-4H3. The molecule has 1 N–H and O–H groups in total. The van der Waals surface area contributed by atoms with Crippen LogP contribution in [0.5, 0.6) is 11.5 Å². The number of hydrogen-bond donors (Lipinski definition) is 1. The van der Waals surface area contributed by atoms with Gasteiger partial charge in [-0.15, -0.1) is 0 Å². The van der Waals surface area contributed by atoms with Crippen molar-refractivity contribution in [3.05, 3.63) is 23.8 Å². The minimum absolute atomic E-state index is 0.0981. The lowest BCUT2D eigenvalue weighted by atomic mass is 9.97. The summed E-state index contributed by atoms with van der Waals surface area (Å²) in [6.07, 6.45) is 3.73. The number of hydrogen-bond acceptors (Lipinski definition) is 4. The van der Waals surface area contributed by atoms with E-state index >= 15 is 0 Å². The molecule has 1 fully saturated rings. The fourth-order valence-corrected chi connectivity index (χ4v) is 2.98. The van der Waals surface area contributed by atoms with Crippen molar-refractivity contribution in [3.63, 3.8) is 0 Å². The van der Waals surface area contributed by atoms with Gasteiger partial charge in [0, 0.05) is 0 Å². The average molecular weight is 293 g/mol. The van der Waals surface area contributed by atoms with Crippen molar-refractivity contribution in [1.82, 2.24) is 5.32 Å². The summed E-state index contributed by atoms with van der Waals surface area (Å²) in [5, 5.41) is 3.61. The molecule has 21 heavy (non-hydrogen) atoms. The molecule has 4 heteroatoms. The zero-order valence-corrected chi connectivity index (χ0v) is 13.5. The molecule has 0 saturated carbocycles. The Hall–Kier alpha value is -1.26. The van der Waals surface area contributed by atoms with Crippen LogP contribution in [0.3, 0.4) is 0 Å². The van der Waals surface area contributed by atoms with Crippen molar-refractivity contribution in [3.8, 4) is 11.5 Å². The van der Waals surface area contributed by atoms with Crippen molar-refractivity contribution >= 4 is 0 Å². The van der Waals surface area contributed by atoms with E-state index in [9.17, 15) is 0 Å². The lowest BCUT2D eigenvalue weighted by Gasteiger charge is -2.28. The van der Waals surface area contributed by atoms with Gasteiger partial charge in [-0.3, -0.25) is 0 Å². The first-order chi connectivity index (χ1) is 10.2. The van der Waals surface area contributed by atoms with Crippen LogP contribution in [-0.2, 0) is 4.74 Å². The van der Waals surface area contributed by atoms with Gasteiger partial charge in [0.15, 0.2) is 0 Å². The van der Waals surface area contributed by atoms with Crippen molar-refractivity contribution in [1.29, 1.82) is 0 Å². The van der Waals surface area contributed by atoms with Gasteiger partial charge < -0.3 is 19.5 Å². The Morgan fingerprint density at radius 1 is 1.24 bits per heavy atom. The van der Waals surface area contributed by atoms with E-state index in [1.54, 1.807) is 14.2 Å². The van der Waals surface area contributed by atoms with Crippen molar-refractivity contribution in [2.24, 2.45) is 0 Å². The molecule has 2 rings (SSSR count). The molecule has 1 aliphatic heterocycles. The SMILES string of the molecule is CCCNC(c1c(OC)cccc1OC)C1CCC(C)O1. The van der Waals surface area contributed by atoms with Crippen LogP contribution in [0.1, 0.15) is 44.7 Å². The normalized spacial score (nSPS) is 23.0. The van der Waals surface area contributed by atoms with Crippen molar-refractivity contribution < 1.29 is 14.2 Å². The molecule has 0 amide bonds. The maximum Gasteiger partial charge on any atom is 0.127 e. The molecule has 1 saturated heterocycles. The van der Waals surface area contributed by atoms with E-state index in [1.165, 1.54) is 0 Å². The van der Waals surface area contributed by atoms with Gasteiger partial charge in [0.2, 0.25) is 0 Å². The second-order valence-electron chi connectivity index (χ2n) is 5.57. The molecular formula is C17H27NO3. The largest absolute Gasteiger partial charge is 0.496 e. The maximum absolute atomic E-state index is 6.10. The molecule has 0 spiro atoms. The highest BCUT2D eigenvalue weighted by atomic mass is 16.5. The van der Waals surface area contributed by atoms with Crippen LogP contribution in [0.4, 0.5) is 0 Å². The Morgan fingerprint density at radius 2 is 1.90 bits per heavy atom. The van der Waals surface area contributed by atoms with Gasteiger partial charge >= 0.3 is 0 Å². The van der Waals surface area contributed by atoms with E-state index < -0.39 is 0 Å². The van der Waals surface area contributed by atoms with E-state index in [0.717, 1.165) is 42.9 Å². The highest BCUT2D eigenvalue weighted by Crippen LogP contribution is 2.39. The Labute approximate surface area is 127 Å². The summed E-state index contributed by atoms with van der Waals surface area (Å²) in [7, 11) is 3.40. The molecule has 0 radical (unpaired) electrons. The summed E-state index contributed by atoms with van der Waals surface area (Å²) >= 11 is 0. The Bertz CT molecular complexity index is 427. The first-order valence-corrected chi connectivity index (χ1v) is 7.81. The second kappa shape index (κ2) is 7.66. The summed E-state index contributed by atoms with van der Waals surface area (Å²) in [5.74, 6) is 1.71. The van der Waals surface area contributed by atoms with Crippen LogP contribution >= 0.6 is 0 Å². The van der Waals surface area contributed by atoms with Crippen molar-refractivity contribution in [2.75, 3.05) is 20.8 Å². The molecule has 1 aromatic rings. The van der Waals surface area contributed by atoms with Gasteiger partial charge in [0.25, 0.3) is 0 Å². The van der Waals surface area contributed by atoms with Gasteiger partial charge in [-0.2, -0.15) is 0 Å². The van der Waals surface area contributed by atoms with Gasteiger partial charge in [-0.05, 0) is 44.9 Å². The number of benzene rings is 1. The van der Waals surface area contributed by atoms with E-state index in [4.69, 9.17) is 14.2 Å². The van der Waals surface area contributed by atoms with Gasteiger partial charge in [0.05, 0.1) is 38.0 Å². The highest BCUT2D eigenvalue weighted by molar-refractivity contribution is 5.47. The lowest BCUT2D eigenvalue weighted by molar-refractivity contribution is 0.0305.